The Morgan fingerprint density at radius 3 is 2.64 bits per heavy atom. The van der Waals surface area contributed by atoms with E-state index in [-0.39, 0.29) is 48.3 Å². The highest BCUT2D eigenvalue weighted by Gasteiger charge is 2.29. The van der Waals surface area contributed by atoms with E-state index >= 15 is 0 Å². The van der Waals surface area contributed by atoms with Crippen molar-refractivity contribution in [3.05, 3.63) is 45.9 Å². The molecule has 3 aromatic rings. The first-order valence-corrected chi connectivity index (χ1v) is 15.4. The summed E-state index contributed by atoms with van der Waals surface area (Å²) in [6.45, 7) is 5.34. The topological polar surface area (TPSA) is 178 Å². The van der Waals surface area contributed by atoms with Crippen molar-refractivity contribution in [3.8, 4) is 6.01 Å². The molecule has 1 amide bonds. The molecule has 1 aliphatic rings. The van der Waals surface area contributed by atoms with Crippen molar-refractivity contribution in [1.29, 1.82) is 0 Å². The molecule has 1 aliphatic heterocycles. The number of nitrogen functional groups attached to an aromatic ring is 1. The zero-order chi connectivity index (χ0) is 31.5. The molecule has 240 valence electrons. The van der Waals surface area contributed by atoms with Gasteiger partial charge in [0.2, 0.25) is 5.91 Å². The predicted molar refractivity (Wildman–Crippen MR) is 166 cm³/mol. The SMILES string of the molecule is CCCCOc1nc(N)c2[nH]c(=O)n(CCCC3CN(CC(=O)NCc4ccc(CC(=O)OC)cc4)CCC3CCO)c2n1. The fraction of sp³-hybridized carbons (Fsp3) is 0.581. The molecule has 0 spiro atoms. The van der Waals surface area contributed by atoms with Crippen molar-refractivity contribution in [2.75, 3.05) is 45.7 Å². The predicted octanol–water partition coefficient (Wildman–Crippen LogP) is 2.01. The Balaban J connectivity index is 1.31. The van der Waals surface area contributed by atoms with E-state index < -0.39 is 0 Å². The lowest BCUT2D eigenvalue weighted by molar-refractivity contribution is -0.139. The minimum Gasteiger partial charge on any atom is -0.469 e. The molecular weight excluding hydrogens is 566 g/mol. The second kappa shape index (κ2) is 16.2. The molecule has 4 rings (SSSR count). The number of hydrogen-bond donors (Lipinski definition) is 4. The highest BCUT2D eigenvalue weighted by molar-refractivity contribution is 5.81. The number of rotatable bonds is 16. The van der Waals surface area contributed by atoms with Gasteiger partial charge in [-0.2, -0.15) is 9.97 Å². The molecule has 13 heteroatoms. The van der Waals surface area contributed by atoms with E-state index in [0.29, 0.717) is 49.7 Å². The number of unbranched alkanes of at least 4 members (excludes halogenated alkanes) is 1. The van der Waals surface area contributed by atoms with Crippen molar-refractivity contribution in [2.45, 2.75) is 65.0 Å². The van der Waals surface area contributed by atoms with E-state index in [4.69, 9.17) is 15.2 Å². The van der Waals surface area contributed by atoms with Crippen LogP contribution in [0, 0.1) is 11.8 Å². The summed E-state index contributed by atoms with van der Waals surface area (Å²) in [5.41, 5.74) is 8.44. The summed E-state index contributed by atoms with van der Waals surface area (Å²) in [7, 11) is 1.37. The van der Waals surface area contributed by atoms with Crippen LogP contribution < -0.4 is 21.5 Å². The summed E-state index contributed by atoms with van der Waals surface area (Å²) in [6, 6.07) is 7.68. The third-order valence-electron chi connectivity index (χ3n) is 8.25. The first kappa shape index (κ1) is 32.9. The van der Waals surface area contributed by atoms with E-state index in [1.54, 1.807) is 4.57 Å². The number of aliphatic hydroxyl groups is 1. The molecule has 3 heterocycles. The number of methoxy groups -OCH3 is 1. The van der Waals surface area contributed by atoms with Crippen LogP contribution in [-0.2, 0) is 33.8 Å². The van der Waals surface area contributed by atoms with Gasteiger partial charge in [0.15, 0.2) is 11.5 Å². The van der Waals surface area contributed by atoms with Gasteiger partial charge in [-0.05, 0) is 61.6 Å². The number of esters is 1. The zero-order valence-corrected chi connectivity index (χ0v) is 25.7. The number of aliphatic hydroxyl groups excluding tert-OH is 1. The quantitative estimate of drug-likeness (QED) is 0.138. The number of nitrogens with two attached hydrogens (primary N) is 1. The van der Waals surface area contributed by atoms with Crippen LogP contribution in [0.3, 0.4) is 0 Å². The summed E-state index contributed by atoms with van der Waals surface area (Å²) >= 11 is 0. The third kappa shape index (κ3) is 9.02. The van der Waals surface area contributed by atoms with E-state index in [2.05, 4.69) is 32.1 Å². The molecule has 0 saturated carbocycles. The number of benzene rings is 1. The number of hydrogen-bond acceptors (Lipinski definition) is 10. The van der Waals surface area contributed by atoms with Crippen LogP contribution >= 0.6 is 0 Å². The number of nitrogens with zero attached hydrogens (tertiary/aromatic N) is 4. The minimum absolute atomic E-state index is 0.0532. The van der Waals surface area contributed by atoms with E-state index in [1.165, 1.54) is 7.11 Å². The van der Waals surface area contributed by atoms with Crippen LogP contribution in [0.1, 0.15) is 56.6 Å². The van der Waals surface area contributed by atoms with Gasteiger partial charge in [-0.1, -0.05) is 37.6 Å². The number of anilines is 1. The van der Waals surface area contributed by atoms with Crippen LogP contribution in [-0.4, -0.2) is 81.4 Å². The molecule has 1 fully saturated rings. The number of aromatic nitrogens is 4. The number of imidazole rings is 1. The maximum absolute atomic E-state index is 12.8. The van der Waals surface area contributed by atoms with Gasteiger partial charge in [0.05, 0.1) is 26.7 Å². The normalized spacial score (nSPS) is 17.1. The highest BCUT2D eigenvalue weighted by Crippen LogP contribution is 2.30. The molecule has 0 bridgehead atoms. The smallest absolute Gasteiger partial charge is 0.327 e. The first-order chi connectivity index (χ1) is 21.3. The van der Waals surface area contributed by atoms with Gasteiger partial charge in [0, 0.05) is 26.2 Å². The number of aromatic amines is 1. The van der Waals surface area contributed by atoms with Crippen molar-refractivity contribution < 1.29 is 24.2 Å². The number of aryl methyl sites for hydroxylation is 1. The highest BCUT2D eigenvalue weighted by atomic mass is 16.5. The monoisotopic (exact) mass is 611 g/mol. The van der Waals surface area contributed by atoms with Crippen LogP contribution in [0.25, 0.3) is 11.2 Å². The summed E-state index contributed by atoms with van der Waals surface area (Å²) in [5.74, 6) is 0.457. The maximum Gasteiger partial charge on any atom is 0.327 e. The Kier molecular flexibility index (Phi) is 12.1. The van der Waals surface area contributed by atoms with Crippen molar-refractivity contribution in [2.24, 2.45) is 11.8 Å². The number of piperidine rings is 1. The van der Waals surface area contributed by atoms with E-state index in [1.807, 2.05) is 24.3 Å². The second-order valence-corrected chi connectivity index (χ2v) is 11.4. The molecular formula is C31H45N7O6. The van der Waals surface area contributed by atoms with Gasteiger partial charge in [-0.15, -0.1) is 0 Å². The molecule has 1 saturated heterocycles. The lowest BCUT2D eigenvalue weighted by atomic mass is 9.80. The number of H-pyrrole nitrogens is 1. The molecule has 44 heavy (non-hydrogen) atoms. The Labute approximate surface area is 257 Å². The van der Waals surface area contributed by atoms with Crippen LogP contribution in [0.5, 0.6) is 6.01 Å². The molecule has 5 N–H and O–H groups in total. The second-order valence-electron chi connectivity index (χ2n) is 11.4. The molecule has 1 aromatic carbocycles. The average Bonchev–Trinajstić information content (AvgIpc) is 3.33. The molecule has 2 aromatic heterocycles. The third-order valence-corrected chi connectivity index (χ3v) is 8.25. The van der Waals surface area contributed by atoms with E-state index in [9.17, 15) is 19.5 Å². The van der Waals surface area contributed by atoms with Gasteiger partial charge >= 0.3 is 17.7 Å². The molecule has 13 nitrogen and oxygen atoms in total. The Hall–Kier alpha value is -3.97. The number of carbonyl (C=O) groups is 2. The maximum atomic E-state index is 12.8. The summed E-state index contributed by atoms with van der Waals surface area (Å²) in [5, 5.41) is 12.7. The summed E-state index contributed by atoms with van der Waals surface area (Å²) in [4.78, 5) is 50.6. The van der Waals surface area contributed by atoms with Gasteiger partial charge in [-0.25, -0.2) is 4.79 Å². The fourth-order valence-electron chi connectivity index (χ4n) is 5.77. The standard InChI is InChI=1S/C31H45N7O6/c1-3-4-16-44-30-35-28(32)27-29(36-30)38(31(42)34-27)13-5-6-24-19-37(14-11-23(24)12-15-39)20-25(40)33-18-22-9-7-21(8-10-22)17-26(41)43-2/h7-10,23-24,39H,3-6,11-20H2,1-2H3,(H,33,40)(H,34,42)(H2,32,35,36). The summed E-state index contributed by atoms with van der Waals surface area (Å²) in [6.07, 6.45) is 5.22. The largest absolute Gasteiger partial charge is 0.469 e. The zero-order valence-electron chi connectivity index (χ0n) is 25.7. The van der Waals surface area contributed by atoms with Crippen molar-refractivity contribution >= 4 is 28.9 Å². The number of amides is 1. The molecule has 0 radical (unpaired) electrons. The number of ether oxygens (including phenoxy) is 2. The van der Waals surface area contributed by atoms with Gasteiger partial charge in [0.25, 0.3) is 0 Å². The van der Waals surface area contributed by atoms with Crippen molar-refractivity contribution in [1.82, 2.24) is 29.7 Å². The molecule has 2 atom stereocenters. The van der Waals surface area contributed by atoms with Gasteiger partial charge in [0.1, 0.15) is 5.52 Å². The average molecular weight is 612 g/mol. The summed E-state index contributed by atoms with van der Waals surface area (Å²) < 4.78 is 11.9. The van der Waals surface area contributed by atoms with Crippen LogP contribution in [0.2, 0.25) is 0 Å². The van der Waals surface area contributed by atoms with Crippen LogP contribution in [0.4, 0.5) is 5.82 Å². The van der Waals surface area contributed by atoms with E-state index in [0.717, 1.165) is 56.3 Å². The first-order valence-electron chi connectivity index (χ1n) is 15.4. The lowest BCUT2D eigenvalue weighted by Crippen LogP contribution is -2.45. The number of fused-ring (bicyclic) bond motifs is 1. The minimum atomic E-state index is -0.293. The van der Waals surface area contributed by atoms with Gasteiger partial charge < -0.3 is 30.6 Å². The molecule has 0 aliphatic carbocycles. The number of nitrogens with one attached hydrogen (secondary N) is 2. The number of likely N-dealkylation sites (tertiary alicyclic amines) is 1. The Morgan fingerprint density at radius 2 is 1.91 bits per heavy atom. The number of carbonyl (C=O) groups excluding carboxylic acids is 2. The van der Waals surface area contributed by atoms with Crippen molar-refractivity contribution in [3.63, 3.8) is 0 Å². The Bertz CT molecular complexity index is 1440. The fourth-order valence-corrected chi connectivity index (χ4v) is 5.77. The van der Waals surface area contributed by atoms with Gasteiger partial charge in [-0.3, -0.25) is 19.1 Å². The van der Waals surface area contributed by atoms with Crippen LogP contribution in [0.15, 0.2) is 29.1 Å². The Morgan fingerprint density at radius 1 is 1.14 bits per heavy atom. The lowest BCUT2D eigenvalue weighted by Gasteiger charge is -2.38. The molecule has 2 unspecified atom stereocenters.